The van der Waals surface area contributed by atoms with Gasteiger partial charge >= 0.3 is 0 Å². The third-order valence-corrected chi connectivity index (χ3v) is 4.20. The van der Waals surface area contributed by atoms with Gasteiger partial charge in [0.15, 0.2) is 5.11 Å². The fourth-order valence-corrected chi connectivity index (χ4v) is 2.79. The van der Waals surface area contributed by atoms with Gasteiger partial charge in [-0.15, -0.1) is 0 Å². The molecule has 2 aromatic carbocycles. The van der Waals surface area contributed by atoms with Crippen LogP contribution in [-0.4, -0.2) is 18.2 Å². The molecule has 0 saturated heterocycles. The Morgan fingerprint density at radius 3 is 2.26 bits per heavy atom. The minimum atomic E-state index is 0.463. The molecule has 0 aliphatic heterocycles. The lowest BCUT2D eigenvalue weighted by molar-refractivity contribution is 0.866. The Balaban J connectivity index is 2.01. The van der Waals surface area contributed by atoms with Gasteiger partial charge in [-0.3, -0.25) is 0 Å². The van der Waals surface area contributed by atoms with Crippen LogP contribution in [-0.2, 0) is 0 Å². The van der Waals surface area contributed by atoms with Crippen LogP contribution in [0.25, 0.3) is 0 Å². The maximum Gasteiger partial charge on any atom is 0.175 e. The third-order valence-electron chi connectivity index (χ3n) is 3.43. The van der Waals surface area contributed by atoms with Crippen LogP contribution in [0.3, 0.4) is 0 Å². The van der Waals surface area contributed by atoms with Gasteiger partial charge in [0.25, 0.3) is 0 Å². The molecule has 0 amide bonds. The van der Waals surface area contributed by atoms with E-state index in [9.17, 15) is 0 Å². The first-order valence-corrected chi connectivity index (χ1v) is 8.58. The highest BCUT2D eigenvalue weighted by molar-refractivity contribution is 7.80. The van der Waals surface area contributed by atoms with Gasteiger partial charge in [-0.1, -0.05) is 23.2 Å². The van der Waals surface area contributed by atoms with Gasteiger partial charge in [0.05, 0.1) is 10.7 Å². The van der Waals surface area contributed by atoms with Crippen molar-refractivity contribution in [2.75, 3.05) is 28.6 Å². The Bertz CT molecular complexity index is 670. The highest BCUT2D eigenvalue weighted by Crippen LogP contribution is 2.25. The third kappa shape index (κ3) is 4.99. The SMILES string of the molecule is CCN(CC)c1ccc(NC(=S)Nc2cc(Cl)ccc2Cl)cc1. The Morgan fingerprint density at radius 1 is 1.00 bits per heavy atom. The molecule has 2 N–H and O–H groups in total. The van der Waals surface area contributed by atoms with E-state index in [0.29, 0.717) is 20.8 Å². The van der Waals surface area contributed by atoms with Crippen molar-refractivity contribution in [3.8, 4) is 0 Å². The van der Waals surface area contributed by atoms with Gasteiger partial charge in [-0.05, 0) is 68.5 Å². The lowest BCUT2D eigenvalue weighted by atomic mass is 10.2. The van der Waals surface area contributed by atoms with Crippen molar-refractivity contribution < 1.29 is 0 Å². The van der Waals surface area contributed by atoms with Gasteiger partial charge in [-0.25, -0.2) is 0 Å². The number of hydrogen-bond acceptors (Lipinski definition) is 2. The molecule has 122 valence electrons. The number of anilines is 3. The van der Waals surface area contributed by atoms with Gasteiger partial charge in [0.2, 0.25) is 0 Å². The monoisotopic (exact) mass is 367 g/mol. The summed E-state index contributed by atoms with van der Waals surface area (Å²) in [5.74, 6) is 0. The van der Waals surface area contributed by atoms with Crippen LogP contribution in [0.1, 0.15) is 13.8 Å². The average molecular weight is 368 g/mol. The van der Waals surface area contributed by atoms with E-state index in [1.165, 1.54) is 5.69 Å². The lowest BCUT2D eigenvalue weighted by Gasteiger charge is -2.21. The summed E-state index contributed by atoms with van der Waals surface area (Å²) in [6, 6.07) is 13.4. The standard InChI is InChI=1S/C17H19Cl2N3S/c1-3-22(4-2)14-8-6-13(7-9-14)20-17(23)21-16-11-12(18)5-10-15(16)19/h5-11H,3-4H2,1-2H3,(H2,20,21,23). The number of rotatable bonds is 5. The van der Waals surface area contributed by atoms with Gasteiger partial charge in [0.1, 0.15) is 0 Å². The van der Waals surface area contributed by atoms with E-state index in [2.05, 4.69) is 41.5 Å². The average Bonchev–Trinajstić information content (AvgIpc) is 2.53. The second-order valence-electron chi connectivity index (χ2n) is 4.92. The van der Waals surface area contributed by atoms with Crippen molar-refractivity contribution in [2.24, 2.45) is 0 Å². The fraction of sp³-hybridized carbons (Fsp3) is 0.235. The van der Waals surface area contributed by atoms with Crippen molar-refractivity contribution in [2.45, 2.75) is 13.8 Å². The van der Waals surface area contributed by atoms with E-state index < -0.39 is 0 Å². The maximum atomic E-state index is 6.12. The van der Waals surface area contributed by atoms with Crippen molar-refractivity contribution in [1.82, 2.24) is 0 Å². The molecule has 0 radical (unpaired) electrons. The molecule has 23 heavy (non-hydrogen) atoms. The zero-order chi connectivity index (χ0) is 16.8. The molecule has 0 bridgehead atoms. The summed E-state index contributed by atoms with van der Waals surface area (Å²) in [6.45, 7) is 6.25. The molecule has 0 fully saturated rings. The summed E-state index contributed by atoms with van der Waals surface area (Å²) in [4.78, 5) is 2.28. The molecule has 0 heterocycles. The van der Waals surface area contributed by atoms with Crippen LogP contribution in [0.5, 0.6) is 0 Å². The Morgan fingerprint density at radius 2 is 1.65 bits per heavy atom. The summed E-state index contributed by atoms with van der Waals surface area (Å²) in [7, 11) is 0. The maximum absolute atomic E-state index is 6.12. The highest BCUT2D eigenvalue weighted by Gasteiger charge is 2.05. The number of thiocarbonyl (C=S) groups is 1. The summed E-state index contributed by atoms with van der Waals surface area (Å²) in [5.41, 5.74) is 2.78. The van der Waals surface area contributed by atoms with Crippen LogP contribution in [0.4, 0.5) is 17.1 Å². The van der Waals surface area contributed by atoms with Crippen molar-refractivity contribution in [3.05, 3.63) is 52.5 Å². The first-order chi connectivity index (χ1) is 11.0. The molecule has 0 aliphatic rings. The molecule has 2 rings (SSSR count). The second-order valence-corrected chi connectivity index (χ2v) is 6.17. The first-order valence-electron chi connectivity index (χ1n) is 7.41. The normalized spacial score (nSPS) is 10.3. The second kappa shape index (κ2) is 8.39. The smallest absolute Gasteiger partial charge is 0.175 e. The van der Waals surface area contributed by atoms with Gasteiger partial charge in [0, 0.05) is 29.5 Å². The van der Waals surface area contributed by atoms with E-state index in [0.717, 1.165) is 18.8 Å². The first kappa shape index (κ1) is 17.9. The lowest BCUT2D eigenvalue weighted by Crippen LogP contribution is -2.22. The van der Waals surface area contributed by atoms with Crippen LogP contribution in [0.15, 0.2) is 42.5 Å². The minimum Gasteiger partial charge on any atom is -0.372 e. The van der Waals surface area contributed by atoms with E-state index >= 15 is 0 Å². The number of halogens is 2. The molecule has 0 aromatic heterocycles. The van der Waals surface area contributed by atoms with Gasteiger partial charge < -0.3 is 15.5 Å². The predicted octanol–water partition coefficient (Wildman–Crippen LogP) is 5.65. The molecular formula is C17H19Cl2N3S. The zero-order valence-corrected chi connectivity index (χ0v) is 15.4. The van der Waals surface area contributed by atoms with Crippen molar-refractivity contribution >= 4 is 57.6 Å². The number of hydrogen-bond donors (Lipinski definition) is 2. The largest absolute Gasteiger partial charge is 0.372 e. The summed E-state index contributed by atoms with van der Waals surface area (Å²) >= 11 is 17.4. The van der Waals surface area contributed by atoms with Crippen molar-refractivity contribution in [1.29, 1.82) is 0 Å². The quantitative estimate of drug-likeness (QED) is 0.667. The Labute approximate surface area is 152 Å². The van der Waals surface area contributed by atoms with Crippen LogP contribution in [0.2, 0.25) is 10.0 Å². The van der Waals surface area contributed by atoms with E-state index in [-0.39, 0.29) is 0 Å². The zero-order valence-electron chi connectivity index (χ0n) is 13.1. The van der Waals surface area contributed by atoms with Crippen LogP contribution in [0, 0.1) is 0 Å². The van der Waals surface area contributed by atoms with Crippen LogP contribution < -0.4 is 15.5 Å². The van der Waals surface area contributed by atoms with E-state index in [4.69, 9.17) is 35.4 Å². The molecule has 3 nitrogen and oxygen atoms in total. The summed E-state index contributed by atoms with van der Waals surface area (Å²) in [6.07, 6.45) is 0. The van der Waals surface area contributed by atoms with Crippen molar-refractivity contribution in [3.63, 3.8) is 0 Å². The number of nitrogens with one attached hydrogen (secondary N) is 2. The molecule has 6 heteroatoms. The van der Waals surface area contributed by atoms with Gasteiger partial charge in [-0.2, -0.15) is 0 Å². The molecule has 0 aliphatic carbocycles. The molecule has 0 unspecified atom stereocenters. The number of benzene rings is 2. The predicted molar refractivity (Wildman–Crippen MR) is 106 cm³/mol. The highest BCUT2D eigenvalue weighted by atomic mass is 35.5. The Kier molecular flexibility index (Phi) is 6.51. The minimum absolute atomic E-state index is 0.463. The molecule has 0 saturated carbocycles. The summed E-state index contributed by atoms with van der Waals surface area (Å²) < 4.78 is 0. The molecule has 0 atom stereocenters. The summed E-state index contributed by atoms with van der Waals surface area (Å²) in [5, 5.41) is 7.82. The van der Waals surface area contributed by atoms with E-state index in [1.54, 1.807) is 18.2 Å². The fourth-order valence-electron chi connectivity index (χ4n) is 2.22. The number of nitrogens with zero attached hydrogens (tertiary/aromatic N) is 1. The molecule has 0 spiro atoms. The Hall–Kier alpha value is -1.49. The molecule has 2 aromatic rings. The molecular weight excluding hydrogens is 349 g/mol. The topological polar surface area (TPSA) is 27.3 Å². The van der Waals surface area contributed by atoms with Crippen LogP contribution >= 0.6 is 35.4 Å². The van der Waals surface area contributed by atoms with E-state index in [1.807, 2.05) is 12.1 Å².